The summed E-state index contributed by atoms with van der Waals surface area (Å²) in [7, 11) is 0. The maximum Gasteiger partial charge on any atom is 0.309 e. The number of carbonyl (C=O) groups is 1. The quantitative estimate of drug-likeness (QED) is 0.474. The van der Waals surface area contributed by atoms with Crippen molar-refractivity contribution in [2.24, 2.45) is 5.92 Å². The minimum absolute atomic E-state index is 0.00673. The van der Waals surface area contributed by atoms with Crippen LogP contribution in [0.25, 0.3) is 0 Å². The zero-order chi connectivity index (χ0) is 16.2. The summed E-state index contributed by atoms with van der Waals surface area (Å²) < 4.78 is 5.25. The van der Waals surface area contributed by atoms with E-state index < -0.39 is 0 Å². The number of allylic oxidation sites excluding steroid dienone is 5. The van der Waals surface area contributed by atoms with Crippen LogP contribution in [0, 0.1) is 5.92 Å². The van der Waals surface area contributed by atoms with Gasteiger partial charge in [-0.25, -0.2) is 0 Å². The van der Waals surface area contributed by atoms with Crippen LogP contribution in [-0.2, 0) is 9.53 Å². The van der Waals surface area contributed by atoms with E-state index in [1.165, 1.54) is 5.57 Å². The molecule has 22 heavy (non-hydrogen) atoms. The van der Waals surface area contributed by atoms with Gasteiger partial charge in [0.25, 0.3) is 0 Å². The lowest BCUT2D eigenvalue weighted by molar-refractivity contribution is -0.150. The van der Waals surface area contributed by atoms with Crippen LogP contribution in [0.5, 0.6) is 0 Å². The molecule has 0 amide bonds. The van der Waals surface area contributed by atoms with Gasteiger partial charge in [0.05, 0.1) is 12.5 Å². The number of piperidine rings is 1. The number of hydrogen-bond acceptors (Lipinski definition) is 3. The van der Waals surface area contributed by atoms with Gasteiger partial charge in [0.15, 0.2) is 0 Å². The molecule has 124 valence electrons. The van der Waals surface area contributed by atoms with E-state index >= 15 is 0 Å². The van der Waals surface area contributed by atoms with E-state index in [1.807, 2.05) is 19.1 Å². The van der Waals surface area contributed by atoms with Crippen LogP contribution in [0.2, 0.25) is 0 Å². The van der Waals surface area contributed by atoms with E-state index in [9.17, 15) is 4.79 Å². The van der Waals surface area contributed by atoms with Gasteiger partial charge in [0.2, 0.25) is 0 Å². The fourth-order valence-electron chi connectivity index (χ4n) is 2.74. The highest BCUT2D eigenvalue weighted by atomic mass is 16.5. The van der Waals surface area contributed by atoms with Crippen molar-refractivity contribution in [3.8, 4) is 0 Å². The van der Waals surface area contributed by atoms with E-state index in [0.717, 1.165) is 51.7 Å². The van der Waals surface area contributed by atoms with Gasteiger partial charge in [0, 0.05) is 0 Å². The molecular formula is C19H31NO2. The second kappa shape index (κ2) is 11.2. The Balaban J connectivity index is 2.21. The third-order valence-electron chi connectivity index (χ3n) is 4.13. The van der Waals surface area contributed by atoms with Gasteiger partial charge in [0.1, 0.15) is 0 Å². The Morgan fingerprint density at radius 1 is 1.36 bits per heavy atom. The third kappa shape index (κ3) is 7.08. The smallest absolute Gasteiger partial charge is 0.309 e. The van der Waals surface area contributed by atoms with Crippen molar-refractivity contribution >= 4 is 5.97 Å². The second-order valence-electron chi connectivity index (χ2n) is 5.85. The average molecular weight is 305 g/mol. The monoisotopic (exact) mass is 305 g/mol. The van der Waals surface area contributed by atoms with Crippen molar-refractivity contribution < 1.29 is 9.53 Å². The highest BCUT2D eigenvalue weighted by Gasteiger charge is 2.25. The van der Waals surface area contributed by atoms with Crippen molar-refractivity contribution in [2.75, 3.05) is 26.2 Å². The van der Waals surface area contributed by atoms with E-state index in [-0.39, 0.29) is 11.9 Å². The molecule has 1 fully saturated rings. The Morgan fingerprint density at radius 3 is 2.68 bits per heavy atom. The zero-order valence-electron chi connectivity index (χ0n) is 14.2. The molecule has 1 saturated heterocycles. The number of nitrogens with zero attached hydrogens (tertiary/aromatic N) is 1. The minimum atomic E-state index is 0.00673. The fraction of sp³-hybridized carbons (Fsp3) is 0.632. The summed E-state index contributed by atoms with van der Waals surface area (Å²) in [4.78, 5) is 14.3. The van der Waals surface area contributed by atoms with Gasteiger partial charge < -0.3 is 9.64 Å². The Hall–Kier alpha value is -1.35. The molecule has 1 rings (SSSR count). The average Bonchev–Trinajstić information content (AvgIpc) is 2.56. The molecule has 0 saturated carbocycles. The van der Waals surface area contributed by atoms with Gasteiger partial charge in [-0.3, -0.25) is 4.79 Å². The van der Waals surface area contributed by atoms with Crippen LogP contribution in [0.3, 0.4) is 0 Å². The molecule has 0 aliphatic carbocycles. The number of rotatable bonds is 9. The molecule has 0 radical (unpaired) electrons. The Labute approximate surface area is 135 Å². The first kappa shape index (κ1) is 18.7. The number of esters is 1. The molecule has 0 N–H and O–H groups in total. The molecule has 1 aliphatic heterocycles. The van der Waals surface area contributed by atoms with Crippen LogP contribution in [-0.4, -0.2) is 37.1 Å². The van der Waals surface area contributed by atoms with E-state index in [1.54, 1.807) is 0 Å². The molecule has 1 heterocycles. The Bertz CT molecular complexity index is 390. The van der Waals surface area contributed by atoms with Crippen LogP contribution in [0.1, 0.15) is 46.0 Å². The number of ether oxygens (including phenoxy) is 1. The lowest BCUT2D eigenvalue weighted by atomic mass is 9.96. The Morgan fingerprint density at radius 2 is 2.09 bits per heavy atom. The van der Waals surface area contributed by atoms with Crippen molar-refractivity contribution in [3.05, 3.63) is 36.5 Å². The third-order valence-corrected chi connectivity index (χ3v) is 4.13. The summed E-state index contributed by atoms with van der Waals surface area (Å²) in [5.41, 5.74) is 1.36. The first-order chi connectivity index (χ1) is 10.7. The van der Waals surface area contributed by atoms with Crippen molar-refractivity contribution in [3.63, 3.8) is 0 Å². The molecule has 3 nitrogen and oxygen atoms in total. The number of hydrogen-bond donors (Lipinski definition) is 0. The summed E-state index contributed by atoms with van der Waals surface area (Å²) in [6.45, 7) is 11.5. The fourth-order valence-corrected chi connectivity index (χ4v) is 2.74. The molecule has 0 unspecified atom stereocenters. The second-order valence-corrected chi connectivity index (χ2v) is 5.85. The maximum atomic E-state index is 11.8. The molecule has 0 aromatic carbocycles. The minimum Gasteiger partial charge on any atom is -0.465 e. The predicted octanol–water partition coefficient (Wildman–Crippen LogP) is 4.12. The summed E-state index contributed by atoms with van der Waals surface area (Å²) in [6, 6.07) is 0. The molecule has 0 aromatic heterocycles. The largest absolute Gasteiger partial charge is 0.465 e. The zero-order valence-corrected chi connectivity index (χ0v) is 14.2. The first-order valence-corrected chi connectivity index (χ1v) is 8.54. The molecule has 0 atom stereocenters. The van der Waals surface area contributed by atoms with E-state index in [2.05, 4.69) is 30.6 Å². The maximum absolute atomic E-state index is 11.8. The number of carbonyl (C=O) groups excluding carboxylic acids is 1. The lowest BCUT2D eigenvalue weighted by Gasteiger charge is -2.30. The van der Waals surface area contributed by atoms with Crippen molar-refractivity contribution in [1.29, 1.82) is 0 Å². The van der Waals surface area contributed by atoms with Gasteiger partial charge in [-0.05, 0) is 58.7 Å². The van der Waals surface area contributed by atoms with Gasteiger partial charge in [-0.2, -0.15) is 0 Å². The standard InChI is InChI=1S/C19H31NO2/c1-4-7-9-17(6-3)10-8-13-20-14-11-18(12-15-20)19(21)22-16-5-2/h4,6-7,9,18H,1,5,8,10-16H2,2-3H3/b9-7-,17-6+. The van der Waals surface area contributed by atoms with Crippen molar-refractivity contribution in [1.82, 2.24) is 4.90 Å². The first-order valence-electron chi connectivity index (χ1n) is 8.54. The molecule has 0 spiro atoms. The molecule has 0 aromatic rings. The van der Waals surface area contributed by atoms with Gasteiger partial charge in [-0.15, -0.1) is 0 Å². The van der Waals surface area contributed by atoms with Crippen LogP contribution < -0.4 is 0 Å². The highest BCUT2D eigenvalue weighted by Crippen LogP contribution is 2.19. The van der Waals surface area contributed by atoms with Gasteiger partial charge in [-0.1, -0.05) is 43.4 Å². The van der Waals surface area contributed by atoms with Crippen LogP contribution >= 0.6 is 0 Å². The van der Waals surface area contributed by atoms with E-state index in [0.29, 0.717) is 6.61 Å². The predicted molar refractivity (Wildman–Crippen MR) is 92.7 cm³/mol. The normalized spacial score (nSPS) is 17.8. The summed E-state index contributed by atoms with van der Waals surface area (Å²) in [5.74, 6) is 0.122. The summed E-state index contributed by atoms with van der Waals surface area (Å²) in [6.07, 6.45) is 13.1. The van der Waals surface area contributed by atoms with E-state index in [4.69, 9.17) is 4.74 Å². The molecule has 3 heteroatoms. The lowest BCUT2D eigenvalue weighted by Crippen LogP contribution is -2.37. The molecular weight excluding hydrogens is 274 g/mol. The highest BCUT2D eigenvalue weighted by molar-refractivity contribution is 5.72. The van der Waals surface area contributed by atoms with Crippen LogP contribution in [0.15, 0.2) is 36.5 Å². The van der Waals surface area contributed by atoms with Crippen molar-refractivity contribution in [2.45, 2.75) is 46.0 Å². The summed E-state index contributed by atoms with van der Waals surface area (Å²) >= 11 is 0. The Kier molecular flexibility index (Phi) is 9.56. The molecule has 0 bridgehead atoms. The SMILES string of the molecule is C=C/C=C\C(=C/C)CCCN1CCC(C(=O)OCCC)CC1. The topological polar surface area (TPSA) is 29.5 Å². The van der Waals surface area contributed by atoms with Gasteiger partial charge >= 0.3 is 5.97 Å². The van der Waals surface area contributed by atoms with Crippen LogP contribution in [0.4, 0.5) is 0 Å². The number of likely N-dealkylation sites (tertiary alicyclic amines) is 1. The summed E-state index contributed by atoms with van der Waals surface area (Å²) in [5, 5.41) is 0. The molecule has 1 aliphatic rings.